The molecule has 0 heterocycles. The number of carboxylic acid groups (broad SMARTS) is 1. The summed E-state index contributed by atoms with van der Waals surface area (Å²) in [5.74, 6) is 1.31. The molecule has 41 heavy (non-hydrogen) atoms. The largest absolute Gasteiger partial charge is 0.480 e. The van der Waals surface area contributed by atoms with Crippen molar-refractivity contribution in [3.63, 3.8) is 0 Å². The molecule has 0 spiro atoms. The van der Waals surface area contributed by atoms with E-state index in [2.05, 4.69) is 13.8 Å². The minimum absolute atomic E-state index is 0.644. The molecule has 0 atom stereocenters. The van der Waals surface area contributed by atoms with E-state index >= 15 is 0 Å². The Balaban J connectivity index is 3.51. The molecule has 246 valence electrons. The number of unbranched alkanes of at least 4 members (excludes halogenated alkanes) is 28. The molecule has 0 aliphatic carbocycles. The van der Waals surface area contributed by atoms with Crippen LogP contribution in [0.4, 0.5) is 0 Å². The van der Waals surface area contributed by atoms with E-state index in [9.17, 15) is 9.90 Å². The van der Waals surface area contributed by atoms with Gasteiger partial charge >= 0.3 is 5.97 Å². The van der Waals surface area contributed by atoms with E-state index in [1.54, 1.807) is 23.5 Å². The quantitative estimate of drug-likeness (QED) is 0.0569. The smallest absolute Gasteiger partial charge is 0.329 e. The lowest BCUT2D eigenvalue weighted by molar-refractivity contribution is -0.136. The molecule has 0 aliphatic rings. The van der Waals surface area contributed by atoms with Crippen molar-refractivity contribution in [3.05, 3.63) is 0 Å². The Kier molecular flexibility index (Phi) is 33.2. The van der Waals surface area contributed by atoms with Gasteiger partial charge in [0, 0.05) is 0 Å². The summed E-state index contributed by atoms with van der Waals surface area (Å²) in [7, 11) is 0. The molecule has 0 unspecified atom stereocenters. The molecule has 0 radical (unpaired) electrons. The fourth-order valence-corrected chi connectivity index (χ4v) is 8.20. The second-order valence-electron chi connectivity index (χ2n) is 12.8. The molecule has 0 fully saturated rings. The Morgan fingerprint density at radius 2 is 0.610 bits per heavy atom. The SMILES string of the molecule is CCCCCCCCCCCCCCCCCSC(C)(SCCCCCCCCCCCCCCCCC)C(=O)O. The number of rotatable bonds is 35. The van der Waals surface area contributed by atoms with Crippen LogP contribution >= 0.6 is 23.5 Å². The molecular weight excluding hydrogens is 541 g/mol. The Hall–Kier alpha value is 0.170. The zero-order valence-electron chi connectivity index (χ0n) is 28.3. The van der Waals surface area contributed by atoms with Crippen molar-refractivity contribution in [2.45, 2.75) is 217 Å². The van der Waals surface area contributed by atoms with E-state index in [1.807, 2.05) is 6.92 Å². The molecule has 4 heteroatoms. The summed E-state index contributed by atoms with van der Waals surface area (Å²) in [5.41, 5.74) is 0. The van der Waals surface area contributed by atoms with Gasteiger partial charge in [-0.25, -0.2) is 4.79 Å². The topological polar surface area (TPSA) is 37.3 Å². The highest BCUT2D eigenvalue weighted by Gasteiger charge is 2.33. The lowest BCUT2D eigenvalue weighted by atomic mass is 10.0. The van der Waals surface area contributed by atoms with Crippen LogP contribution in [0.15, 0.2) is 0 Å². The first-order chi connectivity index (χ1) is 20.1. The molecule has 0 saturated carbocycles. The summed E-state index contributed by atoms with van der Waals surface area (Å²) in [6.45, 7) is 6.51. The number of carbonyl (C=O) groups is 1. The third kappa shape index (κ3) is 30.0. The Labute approximate surface area is 267 Å². The third-order valence-electron chi connectivity index (χ3n) is 8.64. The van der Waals surface area contributed by atoms with Gasteiger partial charge in [0.2, 0.25) is 0 Å². The van der Waals surface area contributed by atoms with Gasteiger partial charge in [0.1, 0.15) is 0 Å². The van der Waals surface area contributed by atoms with E-state index in [0.717, 1.165) is 24.3 Å². The fraction of sp³-hybridized carbons (Fsp3) is 0.973. The maximum absolute atomic E-state index is 12.0. The molecule has 0 rings (SSSR count). The van der Waals surface area contributed by atoms with Gasteiger partial charge in [0.25, 0.3) is 0 Å². The average molecular weight is 615 g/mol. The first kappa shape index (κ1) is 41.2. The molecule has 0 aliphatic heterocycles. The van der Waals surface area contributed by atoms with Crippen molar-refractivity contribution in [1.82, 2.24) is 0 Å². The van der Waals surface area contributed by atoms with Crippen molar-refractivity contribution in [3.8, 4) is 0 Å². The molecule has 0 amide bonds. The highest BCUT2D eigenvalue weighted by molar-refractivity contribution is 8.19. The van der Waals surface area contributed by atoms with Crippen LogP contribution in [0.25, 0.3) is 0 Å². The van der Waals surface area contributed by atoms with Crippen LogP contribution in [0.2, 0.25) is 0 Å². The highest BCUT2D eigenvalue weighted by atomic mass is 32.2. The van der Waals surface area contributed by atoms with Gasteiger partial charge in [-0.15, -0.1) is 23.5 Å². The molecular formula is C37H74O2S2. The summed E-state index contributed by atoms with van der Waals surface area (Å²) >= 11 is 3.34. The molecule has 0 aromatic rings. The van der Waals surface area contributed by atoms with E-state index in [1.165, 1.54) is 180 Å². The van der Waals surface area contributed by atoms with Crippen LogP contribution in [-0.4, -0.2) is 26.7 Å². The van der Waals surface area contributed by atoms with Crippen LogP contribution in [0.3, 0.4) is 0 Å². The first-order valence-corrected chi connectivity index (χ1v) is 20.5. The van der Waals surface area contributed by atoms with Gasteiger partial charge in [0.15, 0.2) is 4.08 Å². The van der Waals surface area contributed by atoms with Gasteiger partial charge in [-0.1, -0.05) is 194 Å². The molecule has 0 saturated heterocycles. The summed E-state index contributed by atoms with van der Waals surface area (Å²) in [6, 6.07) is 0. The maximum atomic E-state index is 12.0. The average Bonchev–Trinajstić information content (AvgIpc) is 2.96. The Morgan fingerprint density at radius 3 is 0.805 bits per heavy atom. The highest BCUT2D eigenvalue weighted by Crippen LogP contribution is 2.38. The van der Waals surface area contributed by atoms with Gasteiger partial charge < -0.3 is 5.11 Å². The van der Waals surface area contributed by atoms with E-state index in [-0.39, 0.29) is 0 Å². The molecule has 0 aromatic heterocycles. The van der Waals surface area contributed by atoms with Crippen molar-refractivity contribution in [2.24, 2.45) is 0 Å². The fourth-order valence-electron chi connectivity index (χ4n) is 5.65. The van der Waals surface area contributed by atoms with E-state index in [4.69, 9.17) is 0 Å². The second-order valence-corrected chi connectivity index (χ2v) is 16.1. The molecule has 2 nitrogen and oxygen atoms in total. The number of carboxylic acids is 1. The number of aliphatic carboxylic acids is 1. The van der Waals surface area contributed by atoms with E-state index < -0.39 is 10.0 Å². The summed E-state index contributed by atoms with van der Waals surface area (Å²) < 4.78 is -0.675. The second kappa shape index (κ2) is 33.1. The van der Waals surface area contributed by atoms with Crippen molar-refractivity contribution >= 4 is 29.5 Å². The van der Waals surface area contributed by atoms with Crippen LogP contribution in [0.1, 0.15) is 213 Å². The molecule has 0 aromatic carbocycles. The summed E-state index contributed by atoms with van der Waals surface area (Å²) in [4.78, 5) is 12.0. The third-order valence-corrected chi connectivity index (χ3v) is 11.8. The van der Waals surface area contributed by atoms with Crippen molar-refractivity contribution in [1.29, 1.82) is 0 Å². The van der Waals surface area contributed by atoms with Crippen molar-refractivity contribution < 1.29 is 9.90 Å². The van der Waals surface area contributed by atoms with Gasteiger partial charge in [0.05, 0.1) is 0 Å². The maximum Gasteiger partial charge on any atom is 0.329 e. The van der Waals surface area contributed by atoms with Crippen LogP contribution in [0.5, 0.6) is 0 Å². The predicted octanol–water partition coefficient (Wildman–Crippen LogP) is 14.0. The number of thioether (sulfide) groups is 2. The van der Waals surface area contributed by atoms with Gasteiger partial charge in [-0.3, -0.25) is 0 Å². The first-order valence-electron chi connectivity index (χ1n) is 18.6. The molecule has 0 bridgehead atoms. The Morgan fingerprint density at radius 1 is 0.415 bits per heavy atom. The zero-order valence-corrected chi connectivity index (χ0v) is 29.9. The van der Waals surface area contributed by atoms with E-state index in [0.29, 0.717) is 0 Å². The minimum Gasteiger partial charge on any atom is -0.480 e. The van der Waals surface area contributed by atoms with Crippen LogP contribution in [0, 0.1) is 0 Å². The monoisotopic (exact) mass is 615 g/mol. The molecule has 1 N–H and O–H groups in total. The van der Waals surface area contributed by atoms with Crippen LogP contribution < -0.4 is 0 Å². The standard InChI is InChI=1S/C37H74O2S2/c1-4-6-8-10-12-14-16-18-20-22-24-26-28-30-32-34-40-37(3,36(38)39)41-35-33-31-29-27-25-23-21-19-17-15-13-11-9-7-5-2/h4-35H2,1-3H3,(H,38,39). The minimum atomic E-state index is -0.675. The number of hydrogen-bond donors (Lipinski definition) is 1. The zero-order chi connectivity index (χ0) is 30.1. The summed E-state index contributed by atoms with van der Waals surface area (Å²) in [6.07, 6.45) is 41.3. The lowest BCUT2D eigenvalue weighted by Crippen LogP contribution is -2.28. The van der Waals surface area contributed by atoms with Crippen LogP contribution in [-0.2, 0) is 4.79 Å². The normalized spacial score (nSPS) is 11.9. The van der Waals surface area contributed by atoms with Gasteiger partial charge in [-0.05, 0) is 31.3 Å². The van der Waals surface area contributed by atoms with Gasteiger partial charge in [-0.2, -0.15) is 0 Å². The van der Waals surface area contributed by atoms with Crippen molar-refractivity contribution in [2.75, 3.05) is 11.5 Å². The number of hydrogen-bond acceptors (Lipinski definition) is 3. The Bertz CT molecular complexity index is 489. The summed E-state index contributed by atoms with van der Waals surface area (Å²) in [5, 5.41) is 9.84. The lowest BCUT2D eigenvalue weighted by Gasteiger charge is -2.23. The predicted molar refractivity (Wildman–Crippen MR) is 191 cm³/mol.